The van der Waals surface area contributed by atoms with Crippen molar-refractivity contribution in [2.45, 2.75) is 31.4 Å². The Morgan fingerprint density at radius 2 is 2.03 bits per heavy atom. The van der Waals surface area contributed by atoms with Crippen LogP contribution >= 0.6 is 0 Å². The minimum Gasteiger partial charge on any atom is -0.495 e. The molecule has 176 valence electrons. The Morgan fingerprint density at radius 3 is 2.73 bits per heavy atom. The number of rotatable bonds is 6. The van der Waals surface area contributed by atoms with E-state index < -0.39 is 23.9 Å². The lowest BCUT2D eigenvalue weighted by Gasteiger charge is -2.28. The number of fused-ring (bicyclic) bond motifs is 1. The molecule has 2 heterocycles. The van der Waals surface area contributed by atoms with Crippen LogP contribution in [0.5, 0.6) is 11.5 Å². The topological polar surface area (TPSA) is 106 Å². The van der Waals surface area contributed by atoms with Crippen LogP contribution in [-0.2, 0) is 17.6 Å². The highest BCUT2D eigenvalue weighted by Gasteiger charge is 2.30. The Kier molecular flexibility index (Phi) is 6.80. The van der Waals surface area contributed by atoms with E-state index in [1.165, 1.54) is 26.3 Å². The number of carbonyl (C=O) groups is 2. The van der Waals surface area contributed by atoms with Crippen molar-refractivity contribution < 1.29 is 33.3 Å². The number of benzene rings is 2. The number of halogens is 1. The van der Waals surface area contributed by atoms with Crippen molar-refractivity contribution in [1.82, 2.24) is 10.6 Å². The molecule has 2 aromatic rings. The quantitative estimate of drug-likeness (QED) is 0.607. The van der Waals surface area contributed by atoms with E-state index in [1.807, 2.05) is 0 Å². The first-order chi connectivity index (χ1) is 15.9. The van der Waals surface area contributed by atoms with Crippen molar-refractivity contribution in [2.75, 3.05) is 34.0 Å². The number of ether oxygens (including phenoxy) is 3. The molecule has 2 amide bonds. The summed E-state index contributed by atoms with van der Waals surface area (Å²) in [5.74, 6) is -0.419. The molecule has 0 radical (unpaired) electrons. The average molecular weight is 458 g/mol. The molecule has 2 aromatic carbocycles. The molecular weight excluding hydrogens is 431 g/mol. The molecule has 4 rings (SSSR count). The van der Waals surface area contributed by atoms with E-state index in [1.54, 1.807) is 12.1 Å². The lowest BCUT2D eigenvalue weighted by molar-refractivity contribution is -0.0261. The van der Waals surface area contributed by atoms with Crippen molar-refractivity contribution >= 4 is 11.8 Å². The summed E-state index contributed by atoms with van der Waals surface area (Å²) in [5.41, 5.74) is 2.43. The smallest absolute Gasteiger partial charge is 0.255 e. The molecule has 2 aliphatic heterocycles. The van der Waals surface area contributed by atoms with Gasteiger partial charge in [-0.25, -0.2) is 4.39 Å². The van der Waals surface area contributed by atoms with Crippen molar-refractivity contribution in [3.8, 4) is 11.5 Å². The summed E-state index contributed by atoms with van der Waals surface area (Å²) in [6.07, 6.45) is 0.605. The fraction of sp³-hybridized carbons (Fsp3) is 0.417. The number of methoxy groups -OCH3 is 1. The minimum atomic E-state index is -0.785. The van der Waals surface area contributed by atoms with E-state index in [4.69, 9.17) is 14.2 Å². The zero-order valence-corrected chi connectivity index (χ0v) is 18.6. The maximum Gasteiger partial charge on any atom is 0.255 e. The number of amides is 2. The number of nitrogens with one attached hydrogen (secondary N) is 2. The summed E-state index contributed by atoms with van der Waals surface area (Å²) in [6.45, 7) is 1.08. The molecule has 9 heteroatoms. The SMILES string of the molecule is CNC(=O)c1ccc(Cc2cc(C(=O)N[C@H]3CCOC[C@@H]3O)c(OC)c3c2OCC3)cc1F. The highest BCUT2D eigenvalue weighted by molar-refractivity contribution is 5.98. The third kappa shape index (κ3) is 4.65. The van der Waals surface area contributed by atoms with Gasteiger partial charge in [0.2, 0.25) is 0 Å². The molecule has 33 heavy (non-hydrogen) atoms. The molecule has 1 fully saturated rings. The molecule has 3 N–H and O–H groups in total. The molecule has 8 nitrogen and oxygen atoms in total. The largest absolute Gasteiger partial charge is 0.495 e. The molecule has 0 spiro atoms. The second kappa shape index (κ2) is 9.76. The lowest BCUT2D eigenvalue weighted by atomic mass is 9.95. The zero-order valence-electron chi connectivity index (χ0n) is 18.6. The third-order valence-corrected chi connectivity index (χ3v) is 5.99. The van der Waals surface area contributed by atoms with Gasteiger partial charge in [-0.15, -0.1) is 0 Å². The number of aliphatic hydroxyl groups excluding tert-OH is 1. The Labute approximate surface area is 191 Å². The molecule has 2 atom stereocenters. The van der Waals surface area contributed by atoms with E-state index in [0.29, 0.717) is 60.7 Å². The predicted octanol–water partition coefficient (Wildman–Crippen LogP) is 1.60. The van der Waals surface area contributed by atoms with E-state index in [0.717, 1.165) is 5.56 Å². The Morgan fingerprint density at radius 1 is 1.21 bits per heavy atom. The summed E-state index contributed by atoms with van der Waals surface area (Å²) >= 11 is 0. The van der Waals surface area contributed by atoms with Crippen molar-refractivity contribution in [3.05, 3.63) is 57.9 Å². The molecule has 1 saturated heterocycles. The Balaban J connectivity index is 1.66. The van der Waals surface area contributed by atoms with Crippen LogP contribution < -0.4 is 20.1 Å². The highest BCUT2D eigenvalue weighted by Crippen LogP contribution is 2.40. The number of aliphatic hydroxyl groups is 1. The molecule has 0 saturated carbocycles. The van der Waals surface area contributed by atoms with Gasteiger partial charge in [0.1, 0.15) is 17.3 Å². The number of carbonyl (C=O) groups excluding carboxylic acids is 2. The van der Waals surface area contributed by atoms with Crippen LogP contribution in [0.3, 0.4) is 0 Å². The van der Waals surface area contributed by atoms with Gasteiger partial charge in [0, 0.05) is 32.1 Å². The third-order valence-electron chi connectivity index (χ3n) is 5.99. The highest BCUT2D eigenvalue weighted by atomic mass is 19.1. The van der Waals surface area contributed by atoms with Crippen LogP contribution in [0.4, 0.5) is 4.39 Å². The van der Waals surface area contributed by atoms with Gasteiger partial charge in [-0.1, -0.05) is 6.07 Å². The van der Waals surface area contributed by atoms with Crippen molar-refractivity contribution in [2.24, 2.45) is 0 Å². The molecule has 2 aliphatic rings. The standard InChI is InChI=1S/C24H27FN2O6/c1-26-23(29)15-4-3-13(10-18(15)25)9-14-11-17(22(31-2)16-5-8-33-21(14)16)24(30)27-19-6-7-32-12-20(19)28/h3-4,10-11,19-20,28H,5-9,12H2,1-2H3,(H,26,29)(H,27,30)/t19-,20-/m0/s1. The zero-order chi connectivity index (χ0) is 23.5. The van der Waals surface area contributed by atoms with E-state index in [-0.39, 0.29) is 18.1 Å². The van der Waals surface area contributed by atoms with Crippen molar-refractivity contribution in [1.29, 1.82) is 0 Å². The van der Waals surface area contributed by atoms with Gasteiger partial charge in [-0.2, -0.15) is 0 Å². The van der Waals surface area contributed by atoms with E-state index >= 15 is 0 Å². The second-order valence-corrected chi connectivity index (χ2v) is 8.10. The summed E-state index contributed by atoms with van der Waals surface area (Å²) in [7, 11) is 2.94. The van der Waals surface area contributed by atoms with Gasteiger partial charge in [0.25, 0.3) is 11.8 Å². The summed E-state index contributed by atoms with van der Waals surface area (Å²) in [5, 5.41) is 15.4. The first-order valence-electron chi connectivity index (χ1n) is 10.9. The lowest BCUT2D eigenvalue weighted by Crippen LogP contribution is -2.48. The van der Waals surface area contributed by atoms with Crippen LogP contribution in [0.25, 0.3) is 0 Å². The number of hydrogen-bond acceptors (Lipinski definition) is 6. The normalized spacial score (nSPS) is 19.4. The fourth-order valence-electron chi connectivity index (χ4n) is 4.30. The maximum absolute atomic E-state index is 14.5. The molecule has 0 unspecified atom stereocenters. The Hall–Kier alpha value is -3.17. The van der Waals surface area contributed by atoms with Gasteiger partial charge in [-0.05, 0) is 35.7 Å². The van der Waals surface area contributed by atoms with Crippen LogP contribution in [-0.4, -0.2) is 63.0 Å². The van der Waals surface area contributed by atoms with E-state index in [9.17, 15) is 19.1 Å². The van der Waals surface area contributed by atoms with Crippen molar-refractivity contribution in [3.63, 3.8) is 0 Å². The molecule has 0 aliphatic carbocycles. The van der Waals surface area contributed by atoms with Gasteiger partial charge >= 0.3 is 0 Å². The minimum absolute atomic E-state index is 0.0347. The van der Waals surface area contributed by atoms with Gasteiger partial charge in [-0.3, -0.25) is 9.59 Å². The molecular formula is C24H27FN2O6. The van der Waals surface area contributed by atoms with Gasteiger partial charge in [0.05, 0.1) is 43.6 Å². The summed E-state index contributed by atoms with van der Waals surface area (Å²) < 4.78 is 31.1. The van der Waals surface area contributed by atoms with Crippen LogP contribution in [0, 0.1) is 5.82 Å². The monoisotopic (exact) mass is 458 g/mol. The fourth-order valence-corrected chi connectivity index (χ4v) is 4.30. The van der Waals surface area contributed by atoms with Crippen LogP contribution in [0.2, 0.25) is 0 Å². The van der Waals surface area contributed by atoms with Gasteiger partial charge < -0.3 is 30.0 Å². The number of hydrogen-bond donors (Lipinski definition) is 3. The predicted molar refractivity (Wildman–Crippen MR) is 117 cm³/mol. The van der Waals surface area contributed by atoms with Crippen LogP contribution in [0.15, 0.2) is 24.3 Å². The first kappa shape index (κ1) is 23.0. The second-order valence-electron chi connectivity index (χ2n) is 8.10. The average Bonchev–Trinajstić information content (AvgIpc) is 3.30. The van der Waals surface area contributed by atoms with Gasteiger partial charge in [0.15, 0.2) is 0 Å². The first-order valence-corrected chi connectivity index (χ1v) is 10.9. The van der Waals surface area contributed by atoms with Crippen LogP contribution in [0.1, 0.15) is 43.8 Å². The summed E-state index contributed by atoms with van der Waals surface area (Å²) in [4.78, 5) is 24.9. The maximum atomic E-state index is 14.5. The Bertz CT molecular complexity index is 1070. The summed E-state index contributed by atoms with van der Waals surface area (Å²) in [6, 6.07) is 5.70. The molecule has 0 aromatic heterocycles. The van der Waals surface area contributed by atoms with E-state index in [2.05, 4.69) is 10.6 Å². The molecule has 0 bridgehead atoms.